The highest BCUT2D eigenvalue weighted by atomic mass is 32.2. The first-order valence-corrected chi connectivity index (χ1v) is 11.9. The Bertz CT molecular complexity index is 983. The first-order chi connectivity index (χ1) is 14.5. The third kappa shape index (κ3) is 4.26. The van der Waals surface area contributed by atoms with Gasteiger partial charge in [0.1, 0.15) is 0 Å². The molecule has 3 heterocycles. The monoisotopic (exact) mass is 433 g/mol. The van der Waals surface area contributed by atoms with Crippen molar-refractivity contribution in [2.45, 2.75) is 43.5 Å². The Kier molecular flexibility index (Phi) is 6.16. The smallest absolute Gasteiger partial charge is 0.308 e. The Morgan fingerprint density at radius 3 is 2.57 bits per heavy atom. The Balaban J connectivity index is 1.40. The lowest BCUT2D eigenvalue weighted by Crippen LogP contribution is -2.40. The predicted octanol–water partition coefficient (Wildman–Crippen LogP) is 1.74. The molecule has 1 aromatic heterocycles. The molecule has 2 aliphatic rings. The van der Waals surface area contributed by atoms with Gasteiger partial charge < -0.3 is 9.73 Å². The summed E-state index contributed by atoms with van der Waals surface area (Å²) in [6, 6.07) is 6.65. The molecule has 2 saturated heterocycles. The van der Waals surface area contributed by atoms with E-state index in [1.54, 1.807) is 12.1 Å². The van der Waals surface area contributed by atoms with Crippen molar-refractivity contribution in [1.29, 1.82) is 0 Å². The van der Waals surface area contributed by atoms with Crippen molar-refractivity contribution in [2.75, 3.05) is 32.7 Å². The highest BCUT2D eigenvalue weighted by Gasteiger charge is 2.27. The molecule has 4 rings (SSSR count). The van der Waals surface area contributed by atoms with Gasteiger partial charge in [-0.15, -0.1) is 10.2 Å². The van der Waals surface area contributed by atoms with Crippen LogP contribution in [0.1, 0.15) is 43.3 Å². The van der Waals surface area contributed by atoms with Crippen LogP contribution in [-0.4, -0.2) is 72.5 Å². The highest BCUT2D eigenvalue weighted by Crippen LogP contribution is 2.24. The summed E-state index contributed by atoms with van der Waals surface area (Å²) in [6.07, 6.45) is 3.99. The molecule has 162 valence electrons. The maximum atomic E-state index is 12.6. The molecule has 0 aliphatic carbocycles. The van der Waals surface area contributed by atoms with Gasteiger partial charge in [0.05, 0.1) is 4.90 Å². The van der Waals surface area contributed by atoms with Gasteiger partial charge in [-0.2, -0.15) is 4.31 Å². The normalized spacial score (nSPS) is 20.6. The zero-order chi connectivity index (χ0) is 21.1. The van der Waals surface area contributed by atoms with Crippen LogP contribution in [0.25, 0.3) is 11.5 Å². The molecule has 1 atom stereocenters. The molecule has 2 aromatic rings. The quantitative estimate of drug-likeness (QED) is 0.708. The molecule has 0 radical (unpaired) electrons. The van der Waals surface area contributed by atoms with Gasteiger partial charge in [0.25, 0.3) is 0 Å². The van der Waals surface area contributed by atoms with Crippen LogP contribution in [0.3, 0.4) is 0 Å². The van der Waals surface area contributed by atoms with Crippen molar-refractivity contribution in [1.82, 2.24) is 24.7 Å². The van der Waals surface area contributed by atoms with Crippen molar-refractivity contribution in [3.63, 3.8) is 0 Å². The fourth-order valence-corrected chi connectivity index (χ4v) is 5.62. The Morgan fingerprint density at radius 1 is 1.13 bits per heavy atom. The molecule has 10 heteroatoms. The Labute approximate surface area is 176 Å². The van der Waals surface area contributed by atoms with Crippen molar-refractivity contribution in [3.8, 4) is 11.5 Å². The summed E-state index contributed by atoms with van der Waals surface area (Å²) in [5.41, 5.74) is 0.565. The number of carbonyl (C=O) groups excluding carboxylic acids is 1. The summed E-state index contributed by atoms with van der Waals surface area (Å²) >= 11 is 0. The number of sulfonamides is 1. The van der Waals surface area contributed by atoms with E-state index in [0.29, 0.717) is 31.2 Å². The average Bonchev–Trinajstić information content (AvgIpc) is 3.53. The number of likely N-dealkylation sites (N-methyl/N-ethyl adjacent to an activating group) is 1. The molecular formula is C20H27N5O4S. The zero-order valence-electron chi connectivity index (χ0n) is 17.1. The molecule has 30 heavy (non-hydrogen) atoms. The van der Waals surface area contributed by atoms with Crippen LogP contribution in [0, 0.1) is 0 Å². The van der Waals surface area contributed by atoms with E-state index in [2.05, 4.69) is 27.3 Å². The predicted molar refractivity (Wildman–Crippen MR) is 110 cm³/mol. The Morgan fingerprint density at radius 2 is 1.87 bits per heavy atom. The van der Waals surface area contributed by atoms with E-state index in [-0.39, 0.29) is 16.7 Å². The van der Waals surface area contributed by atoms with Crippen molar-refractivity contribution in [3.05, 3.63) is 30.2 Å². The van der Waals surface area contributed by atoms with Crippen LogP contribution >= 0.6 is 0 Å². The summed E-state index contributed by atoms with van der Waals surface area (Å²) in [5.74, 6) is -0.314. The summed E-state index contributed by atoms with van der Waals surface area (Å²) in [7, 11) is -3.47. The number of amides is 1. The maximum Gasteiger partial charge on any atom is 0.308 e. The maximum absolute atomic E-state index is 12.6. The average molecular weight is 434 g/mol. The lowest BCUT2D eigenvalue weighted by molar-refractivity contribution is 0.0907. The number of carbonyl (C=O) groups is 1. The van der Waals surface area contributed by atoms with E-state index >= 15 is 0 Å². The van der Waals surface area contributed by atoms with Crippen LogP contribution in [-0.2, 0) is 10.0 Å². The topological polar surface area (TPSA) is 109 Å². The largest absolute Gasteiger partial charge is 0.412 e. The van der Waals surface area contributed by atoms with Crippen molar-refractivity contribution >= 4 is 15.9 Å². The molecule has 1 N–H and O–H groups in total. The summed E-state index contributed by atoms with van der Waals surface area (Å²) in [5, 5.41) is 10.7. The van der Waals surface area contributed by atoms with Crippen LogP contribution < -0.4 is 5.32 Å². The first kappa shape index (κ1) is 21.0. The lowest BCUT2D eigenvalue weighted by atomic mass is 10.2. The molecule has 0 spiro atoms. The third-order valence-corrected chi connectivity index (χ3v) is 7.74. The third-order valence-electron chi connectivity index (χ3n) is 5.83. The number of nitrogens with one attached hydrogen (secondary N) is 1. The lowest BCUT2D eigenvalue weighted by Gasteiger charge is -2.22. The number of benzene rings is 1. The van der Waals surface area contributed by atoms with E-state index < -0.39 is 15.9 Å². The van der Waals surface area contributed by atoms with E-state index in [9.17, 15) is 13.2 Å². The van der Waals surface area contributed by atoms with Crippen molar-refractivity contribution < 1.29 is 17.6 Å². The number of nitrogens with zero attached hydrogens (tertiary/aromatic N) is 4. The van der Waals surface area contributed by atoms with E-state index in [0.717, 1.165) is 38.8 Å². The molecule has 1 amide bonds. The van der Waals surface area contributed by atoms with Crippen molar-refractivity contribution in [2.24, 2.45) is 0 Å². The summed E-state index contributed by atoms with van der Waals surface area (Å²) < 4.78 is 32.3. The minimum Gasteiger partial charge on any atom is -0.412 e. The number of hydrogen-bond donors (Lipinski definition) is 1. The minimum atomic E-state index is -3.47. The first-order valence-electron chi connectivity index (χ1n) is 10.5. The second-order valence-corrected chi connectivity index (χ2v) is 9.62. The van der Waals surface area contributed by atoms with Gasteiger partial charge in [-0.3, -0.25) is 9.69 Å². The molecule has 1 aromatic carbocycles. The molecular weight excluding hydrogens is 406 g/mol. The number of likely N-dealkylation sites (tertiary alicyclic amines) is 1. The van der Waals surface area contributed by atoms with Crippen LogP contribution in [0.2, 0.25) is 0 Å². The molecule has 0 bridgehead atoms. The fraction of sp³-hybridized carbons (Fsp3) is 0.550. The number of aromatic nitrogens is 2. The molecule has 0 saturated carbocycles. The second kappa shape index (κ2) is 8.83. The zero-order valence-corrected chi connectivity index (χ0v) is 17.9. The van der Waals surface area contributed by atoms with Gasteiger partial charge >= 0.3 is 11.8 Å². The van der Waals surface area contributed by atoms with Crippen LogP contribution in [0.15, 0.2) is 33.6 Å². The van der Waals surface area contributed by atoms with Gasteiger partial charge in [-0.05, 0) is 63.0 Å². The molecule has 2 aliphatic heterocycles. The summed E-state index contributed by atoms with van der Waals surface area (Å²) in [6.45, 7) is 5.81. The number of rotatable bonds is 7. The SMILES string of the molecule is CCN1CCCC1CNC(=O)c1nnc(-c2ccc(S(=O)(=O)N3CCCC3)cc2)o1. The molecule has 1 unspecified atom stereocenters. The van der Waals surface area contributed by atoms with Crippen LogP contribution in [0.4, 0.5) is 0 Å². The second-order valence-electron chi connectivity index (χ2n) is 7.68. The standard InChI is InChI=1S/C20H27N5O4S/c1-2-24-11-5-6-16(24)14-21-18(26)20-23-22-19(29-20)15-7-9-17(10-8-15)30(27,28)25-12-3-4-13-25/h7-10,16H,2-6,11-14H2,1H3,(H,21,26). The van der Waals surface area contributed by atoms with E-state index in [1.807, 2.05) is 0 Å². The van der Waals surface area contributed by atoms with Gasteiger partial charge in [-0.1, -0.05) is 6.92 Å². The van der Waals surface area contributed by atoms with Gasteiger partial charge in [0.2, 0.25) is 15.9 Å². The summed E-state index contributed by atoms with van der Waals surface area (Å²) in [4.78, 5) is 14.9. The molecule has 9 nitrogen and oxygen atoms in total. The van der Waals surface area contributed by atoms with Gasteiger partial charge in [0.15, 0.2) is 0 Å². The fourth-order valence-electron chi connectivity index (χ4n) is 4.11. The van der Waals surface area contributed by atoms with E-state index in [4.69, 9.17) is 4.42 Å². The molecule has 2 fully saturated rings. The van der Waals surface area contributed by atoms with E-state index in [1.165, 1.54) is 16.4 Å². The number of hydrogen-bond acceptors (Lipinski definition) is 7. The van der Waals surface area contributed by atoms with Gasteiger partial charge in [0, 0.05) is 31.2 Å². The Hall–Kier alpha value is -2.30. The van der Waals surface area contributed by atoms with Crippen LogP contribution in [0.5, 0.6) is 0 Å². The highest BCUT2D eigenvalue weighted by molar-refractivity contribution is 7.89. The minimum absolute atomic E-state index is 0.0974. The van der Waals surface area contributed by atoms with Gasteiger partial charge in [-0.25, -0.2) is 8.42 Å².